The molecule has 1 nitrogen and oxygen atoms in total. The van der Waals surface area contributed by atoms with Crippen molar-refractivity contribution < 1.29 is 0 Å². The first-order chi connectivity index (χ1) is 9.16. The van der Waals surface area contributed by atoms with E-state index in [1.807, 2.05) is 0 Å². The van der Waals surface area contributed by atoms with E-state index in [0.717, 1.165) is 5.92 Å². The van der Waals surface area contributed by atoms with Gasteiger partial charge in [-0.2, -0.15) is 0 Å². The normalized spacial score (nSPS) is 12.6. The van der Waals surface area contributed by atoms with Crippen molar-refractivity contribution in [2.75, 3.05) is 5.32 Å². The minimum atomic E-state index is 0.517. The summed E-state index contributed by atoms with van der Waals surface area (Å²) in [5, 5.41) is 5.79. The Labute approximate surface area is 120 Å². The highest BCUT2D eigenvalue weighted by Gasteiger charge is 2.08. The molecule has 1 N–H and O–H groups in total. The molecule has 2 rings (SSSR count). The van der Waals surface area contributed by atoms with Gasteiger partial charge in [0.05, 0.1) is 0 Å². The molecule has 0 aliphatic heterocycles. The third-order valence-electron chi connectivity index (χ3n) is 3.29. The van der Waals surface area contributed by atoms with E-state index in [2.05, 4.69) is 67.9 Å². The highest BCUT2D eigenvalue weighted by Crippen LogP contribution is 2.31. The number of benzene rings is 1. The summed E-state index contributed by atoms with van der Waals surface area (Å²) in [7, 11) is 0. The zero-order chi connectivity index (χ0) is 13.7. The van der Waals surface area contributed by atoms with Gasteiger partial charge in [0.2, 0.25) is 0 Å². The van der Waals surface area contributed by atoms with Gasteiger partial charge in [-0.1, -0.05) is 38.1 Å². The number of anilines is 1. The quantitative estimate of drug-likeness (QED) is 0.717. The molecule has 0 bridgehead atoms. The predicted molar refractivity (Wildman–Crippen MR) is 86.9 cm³/mol. The minimum absolute atomic E-state index is 0.517. The van der Waals surface area contributed by atoms with Crippen molar-refractivity contribution in [1.82, 2.24) is 0 Å². The standard InChI is InChI=1S/C17H23NS/c1-13(2)10-11-14(3)18-16-8-5-4-7-15(16)17-9-6-12-19-17/h4-9,12-14,18H,10-11H2,1-3H3. The van der Waals surface area contributed by atoms with E-state index >= 15 is 0 Å². The molecule has 0 saturated carbocycles. The monoisotopic (exact) mass is 273 g/mol. The Morgan fingerprint density at radius 2 is 1.79 bits per heavy atom. The lowest BCUT2D eigenvalue weighted by molar-refractivity contribution is 0.528. The zero-order valence-electron chi connectivity index (χ0n) is 12.0. The summed E-state index contributed by atoms with van der Waals surface area (Å²) in [5.41, 5.74) is 2.56. The van der Waals surface area contributed by atoms with Crippen LogP contribution >= 0.6 is 11.3 Å². The molecule has 102 valence electrons. The SMILES string of the molecule is CC(C)CCC(C)Nc1ccccc1-c1cccs1. The number of rotatable bonds is 6. The van der Waals surface area contributed by atoms with Crippen LogP contribution in [0.25, 0.3) is 10.4 Å². The molecule has 2 aromatic rings. The zero-order valence-corrected chi connectivity index (χ0v) is 12.8. The highest BCUT2D eigenvalue weighted by atomic mass is 32.1. The highest BCUT2D eigenvalue weighted by molar-refractivity contribution is 7.13. The molecule has 0 spiro atoms. The van der Waals surface area contributed by atoms with Crippen molar-refractivity contribution in [2.24, 2.45) is 5.92 Å². The van der Waals surface area contributed by atoms with Crippen molar-refractivity contribution in [3.8, 4) is 10.4 Å². The molecule has 0 radical (unpaired) electrons. The van der Waals surface area contributed by atoms with E-state index in [0.29, 0.717) is 6.04 Å². The fraction of sp³-hybridized carbons (Fsp3) is 0.412. The topological polar surface area (TPSA) is 12.0 Å². The maximum atomic E-state index is 3.66. The molecule has 1 atom stereocenters. The summed E-state index contributed by atoms with van der Waals surface area (Å²) >= 11 is 1.80. The number of thiophene rings is 1. The van der Waals surface area contributed by atoms with Crippen molar-refractivity contribution in [3.05, 3.63) is 41.8 Å². The molecule has 0 amide bonds. The Kier molecular flexibility index (Phi) is 5.03. The number of hydrogen-bond acceptors (Lipinski definition) is 2. The van der Waals surface area contributed by atoms with E-state index in [1.165, 1.54) is 29.0 Å². The van der Waals surface area contributed by atoms with E-state index in [-0.39, 0.29) is 0 Å². The van der Waals surface area contributed by atoms with Gasteiger partial charge in [0.15, 0.2) is 0 Å². The molecule has 0 saturated heterocycles. The van der Waals surface area contributed by atoms with Crippen molar-refractivity contribution in [2.45, 2.75) is 39.7 Å². The number of nitrogens with one attached hydrogen (secondary N) is 1. The molecule has 0 aliphatic carbocycles. The minimum Gasteiger partial charge on any atom is -0.382 e. The van der Waals surface area contributed by atoms with Gasteiger partial charge in [0.1, 0.15) is 0 Å². The molecule has 1 heterocycles. The third kappa shape index (κ3) is 4.10. The lowest BCUT2D eigenvalue weighted by Gasteiger charge is -2.18. The first kappa shape index (κ1) is 14.1. The van der Waals surface area contributed by atoms with Gasteiger partial charge in [0, 0.05) is 22.2 Å². The Bertz CT molecular complexity index is 488. The van der Waals surface area contributed by atoms with E-state index in [9.17, 15) is 0 Å². The number of hydrogen-bond donors (Lipinski definition) is 1. The van der Waals surface area contributed by atoms with Crippen LogP contribution in [-0.2, 0) is 0 Å². The van der Waals surface area contributed by atoms with Crippen molar-refractivity contribution in [3.63, 3.8) is 0 Å². The molecule has 1 aromatic carbocycles. The summed E-state index contributed by atoms with van der Waals surface area (Å²) in [6.07, 6.45) is 2.49. The second kappa shape index (κ2) is 6.76. The Balaban J connectivity index is 2.08. The molecular weight excluding hydrogens is 250 g/mol. The maximum absolute atomic E-state index is 3.66. The van der Waals surface area contributed by atoms with Gasteiger partial charge in [-0.05, 0) is 43.2 Å². The number of para-hydroxylation sites is 1. The molecule has 0 fully saturated rings. The van der Waals surface area contributed by atoms with Crippen molar-refractivity contribution in [1.29, 1.82) is 0 Å². The fourth-order valence-electron chi connectivity index (χ4n) is 2.18. The molecule has 1 aromatic heterocycles. The average Bonchev–Trinajstić information content (AvgIpc) is 2.91. The van der Waals surface area contributed by atoms with Crippen LogP contribution in [0, 0.1) is 5.92 Å². The van der Waals surface area contributed by atoms with Crippen LogP contribution in [0.5, 0.6) is 0 Å². The van der Waals surface area contributed by atoms with Crippen molar-refractivity contribution >= 4 is 17.0 Å². The summed E-state index contributed by atoms with van der Waals surface area (Å²) < 4.78 is 0. The van der Waals surface area contributed by atoms with Crippen LogP contribution < -0.4 is 5.32 Å². The Hall–Kier alpha value is -1.28. The van der Waals surface area contributed by atoms with E-state index in [4.69, 9.17) is 0 Å². The second-order valence-corrected chi connectivity index (χ2v) is 6.49. The first-order valence-electron chi connectivity index (χ1n) is 7.06. The molecule has 1 unspecified atom stereocenters. The average molecular weight is 273 g/mol. The van der Waals surface area contributed by atoms with Crippen LogP contribution in [0.4, 0.5) is 5.69 Å². The second-order valence-electron chi connectivity index (χ2n) is 5.54. The third-order valence-corrected chi connectivity index (χ3v) is 4.20. The van der Waals surface area contributed by atoms with Gasteiger partial charge < -0.3 is 5.32 Å². The molecule has 19 heavy (non-hydrogen) atoms. The largest absolute Gasteiger partial charge is 0.382 e. The molecule has 0 aliphatic rings. The lowest BCUT2D eigenvalue weighted by Crippen LogP contribution is -2.16. The Morgan fingerprint density at radius 1 is 1.00 bits per heavy atom. The van der Waals surface area contributed by atoms with Gasteiger partial charge in [-0.3, -0.25) is 0 Å². The first-order valence-corrected chi connectivity index (χ1v) is 7.94. The van der Waals surface area contributed by atoms with Crippen LogP contribution in [0.15, 0.2) is 41.8 Å². The fourth-order valence-corrected chi connectivity index (χ4v) is 2.94. The van der Waals surface area contributed by atoms with Gasteiger partial charge in [-0.15, -0.1) is 11.3 Å². The van der Waals surface area contributed by atoms with Gasteiger partial charge >= 0.3 is 0 Å². The molecule has 2 heteroatoms. The summed E-state index contributed by atoms with van der Waals surface area (Å²) in [4.78, 5) is 1.33. The summed E-state index contributed by atoms with van der Waals surface area (Å²) in [6, 6.07) is 13.4. The van der Waals surface area contributed by atoms with Crippen LogP contribution in [-0.4, -0.2) is 6.04 Å². The Morgan fingerprint density at radius 3 is 2.47 bits per heavy atom. The van der Waals surface area contributed by atoms with E-state index < -0.39 is 0 Å². The summed E-state index contributed by atoms with van der Waals surface area (Å²) in [6.45, 7) is 6.84. The lowest BCUT2D eigenvalue weighted by atomic mass is 10.0. The van der Waals surface area contributed by atoms with Crippen LogP contribution in [0.3, 0.4) is 0 Å². The maximum Gasteiger partial charge on any atom is 0.0430 e. The molecular formula is C17H23NS. The summed E-state index contributed by atoms with van der Waals surface area (Å²) in [5.74, 6) is 0.775. The van der Waals surface area contributed by atoms with Gasteiger partial charge in [-0.25, -0.2) is 0 Å². The van der Waals surface area contributed by atoms with Gasteiger partial charge in [0.25, 0.3) is 0 Å². The van der Waals surface area contributed by atoms with Crippen LogP contribution in [0.1, 0.15) is 33.6 Å². The van der Waals surface area contributed by atoms with E-state index in [1.54, 1.807) is 11.3 Å². The van der Waals surface area contributed by atoms with Crippen LogP contribution in [0.2, 0.25) is 0 Å². The predicted octanol–water partition coefficient (Wildman–Crippen LogP) is 5.65. The smallest absolute Gasteiger partial charge is 0.0430 e.